The van der Waals surface area contributed by atoms with Crippen molar-refractivity contribution in [2.24, 2.45) is 5.92 Å². The van der Waals surface area contributed by atoms with E-state index in [0.717, 1.165) is 5.92 Å². The fraction of sp³-hybridized carbons (Fsp3) is 0.667. The van der Waals surface area contributed by atoms with Crippen molar-refractivity contribution in [3.05, 3.63) is 22.4 Å². The summed E-state index contributed by atoms with van der Waals surface area (Å²) in [4.78, 5) is 3.87. The van der Waals surface area contributed by atoms with Crippen molar-refractivity contribution in [2.45, 2.75) is 18.9 Å². The van der Waals surface area contributed by atoms with Crippen LogP contribution >= 0.6 is 11.3 Å². The second kappa shape index (κ2) is 5.10. The van der Waals surface area contributed by atoms with Crippen molar-refractivity contribution < 1.29 is 0 Å². The van der Waals surface area contributed by atoms with E-state index in [1.54, 1.807) is 0 Å². The van der Waals surface area contributed by atoms with Crippen LogP contribution in [0.15, 0.2) is 17.5 Å². The Kier molecular flexibility index (Phi) is 3.78. The first-order chi connectivity index (χ1) is 7.29. The van der Waals surface area contributed by atoms with Gasteiger partial charge in [0.1, 0.15) is 0 Å². The molecule has 1 aromatic heterocycles. The molecule has 2 rings (SSSR count). The first-order valence-corrected chi connectivity index (χ1v) is 6.57. The second-order valence-corrected chi connectivity index (χ2v) is 5.51. The molecular formula is C12H20N2S. The number of hydrogen-bond donors (Lipinski definition) is 1. The van der Waals surface area contributed by atoms with Gasteiger partial charge in [0.25, 0.3) is 0 Å². The molecule has 1 N–H and O–H groups in total. The highest BCUT2D eigenvalue weighted by atomic mass is 32.1. The van der Waals surface area contributed by atoms with Gasteiger partial charge in [0.05, 0.1) is 0 Å². The summed E-state index contributed by atoms with van der Waals surface area (Å²) >= 11 is 1.88. The molecule has 2 unspecified atom stereocenters. The van der Waals surface area contributed by atoms with Gasteiger partial charge < -0.3 is 10.2 Å². The van der Waals surface area contributed by atoms with Crippen LogP contribution in [-0.2, 0) is 0 Å². The molecule has 2 heterocycles. The van der Waals surface area contributed by atoms with Gasteiger partial charge in [0.15, 0.2) is 0 Å². The van der Waals surface area contributed by atoms with Crippen LogP contribution in [0.25, 0.3) is 0 Å². The van der Waals surface area contributed by atoms with Crippen molar-refractivity contribution in [1.29, 1.82) is 0 Å². The van der Waals surface area contributed by atoms with Crippen molar-refractivity contribution >= 4 is 11.3 Å². The summed E-state index contributed by atoms with van der Waals surface area (Å²) in [5.74, 6) is 0.771. The first-order valence-electron chi connectivity index (χ1n) is 5.69. The van der Waals surface area contributed by atoms with Gasteiger partial charge >= 0.3 is 0 Å². The Hall–Kier alpha value is -0.380. The number of thiophene rings is 1. The third-order valence-corrected chi connectivity index (χ3v) is 4.12. The van der Waals surface area contributed by atoms with Crippen LogP contribution in [0.3, 0.4) is 0 Å². The lowest BCUT2D eigenvalue weighted by Crippen LogP contribution is -2.37. The monoisotopic (exact) mass is 224 g/mol. The summed E-state index contributed by atoms with van der Waals surface area (Å²) in [5, 5.41) is 5.69. The van der Waals surface area contributed by atoms with Crippen LogP contribution in [0, 0.1) is 5.92 Å². The van der Waals surface area contributed by atoms with Crippen LogP contribution < -0.4 is 5.32 Å². The van der Waals surface area contributed by atoms with Crippen LogP contribution in [-0.4, -0.2) is 32.1 Å². The molecule has 1 fully saturated rings. The number of nitrogens with zero attached hydrogens (tertiary/aromatic N) is 1. The third-order valence-electron chi connectivity index (χ3n) is 3.17. The highest BCUT2D eigenvalue weighted by Crippen LogP contribution is 2.33. The molecule has 0 aromatic carbocycles. The van der Waals surface area contributed by atoms with E-state index in [-0.39, 0.29) is 0 Å². The maximum Gasteiger partial charge on any atom is 0.0475 e. The normalized spacial score (nSPS) is 24.3. The van der Waals surface area contributed by atoms with Gasteiger partial charge in [-0.05, 0) is 57.4 Å². The number of hydrogen-bond acceptors (Lipinski definition) is 3. The Labute approximate surface area is 96.3 Å². The van der Waals surface area contributed by atoms with Crippen LogP contribution in [0.4, 0.5) is 0 Å². The summed E-state index contributed by atoms with van der Waals surface area (Å²) < 4.78 is 0. The number of nitrogens with one attached hydrogen (secondary N) is 1. The molecule has 0 radical (unpaired) electrons. The molecule has 1 saturated heterocycles. The Balaban J connectivity index is 2.12. The maximum absolute atomic E-state index is 3.51. The Morgan fingerprint density at radius 1 is 1.53 bits per heavy atom. The van der Waals surface area contributed by atoms with E-state index in [9.17, 15) is 0 Å². The zero-order valence-electron chi connectivity index (χ0n) is 9.57. The van der Waals surface area contributed by atoms with Crippen molar-refractivity contribution in [1.82, 2.24) is 10.2 Å². The summed E-state index contributed by atoms with van der Waals surface area (Å²) in [6.45, 7) is 2.36. The van der Waals surface area contributed by atoms with E-state index >= 15 is 0 Å². The van der Waals surface area contributed by atoms with Gasteiger partial charge in [-0.3, -0.25) is 0 Å². The maximum atomic E-state index is 3.51. The Bertz CT molecular complexity index is 276. The Morgan fingerprint density at radius 2 is 2.40 bits per heavy atom. The van der Waals surface area contributed by atoms with Crippen molar-refractivity contribution in [3.63, 3.8) is 0 Å². The van der Waals surface area contributed by atoms with E-state index in [2.05, 4.69) is 41.8 Å². The molecule has 15 heavy (non-hydrogen) atoms. The molecule has 0 spiro atoms. The Morgan fingerprint density at radius 3 is 2.93 bits per heavy atom. The molecule has 0 bridgehead atoms. The summed E-state index contributed by atoms with van der Waals surface area (Å²) in [5.41, 5.74) is 0. The predicted octanol–water partition coefficient (Wildman–Crippen LogP) is 2.35. The molecule has 1 aliphatic rings. The van der Waals surface area contributed by atoms with Gasteiger partial charge in [-0.2, -0.15) is 0 Å². The molecule has 1 aliphatic heterocycles. The highest BCUT2D eigenvalue weighted by Gasteiger charge is 2.27. The first kappa shape index (κ1) is 11.1. The third kappa shape index (κ3) is 2.60. The molecule has 2 nitrogen and oxygen atoms in total. The molecule has 84 valence electrons. The fourth-order valence-electron chi connectivity index (χ4n) is 2.52. The van der Waals surface area contributed by atoms with Gasteiger partial charge in [-0.15, -0.1) is 11.3 Å². The van der Waals surface area contributed by atoms with Crippen molar-refractivity contribution in [2.75, 3.05) is 27.2 Å². The minimum absolute atomic E-state index is 0.595. The minimum atomic E-state index is 0.595. The smallest absolute Gasteiger partial charge is 0.0475 e. The topological polar surface area (TPSA) is 15.3 Å². The summed E-state index contributed by atoms with van der Waals surface area (Å²) in [6.07, 6.45) is 2.67. The van der Waals surface area contributed by atoms with E-state index in [1.807, 2.05) is 11.3 Å². The summed E-state index contributed by atoms with van der Waals surface area (Å²) in [7, 11) is 4.39. The highest BCUT2D eigenvalue weighted by molar-refractivity contribution is 7.10. The lowest BCUT2D eigenvalue weighted by Gasteiger charge is -2.34. The largest absolute Gasteiger partial charge is 0.316 e. The van der Waals surface area contributed by atoms with Gasteiger partial charge in [0.2, 0.25) is 0 Å². The standard InChI is InChI=1S/C12H20N2S/c1-14(2)12(11-6-4-8-15-11)10-5-3-7-13-9-10/h4,6,8,10,12-13H,3,5,7,9H2,1-2H3. The molecule has 0 aliphatic carbocycles. The molecular weight excluding hydrogens is 204 g/mol. The van der Waals surface area contributed by atoms with Crippen LogP contribution in [0.1, 0.15) is 23.8 Å². The quantitative estimate of drug-likeness (QED) is 0.848. The van der Waals surface area contributed by atoms with Gasteiger partial charge in [0, 0.05) is 10.9 Å². The second-order valence-electron chi connectivity index (χ2n) is 4.53. The number of rotatable bonds is 3. The lowest BCUT2D eigenvalue weighted by molar-refractivity contribution is 0.184. The van der Waals surface area contributed by atoms with Gasteiger partial charge in [-0.25, -0.2) is 0 Å². The number of piperidine rings is 1. The predicted molar refractivity (Wildman–Crippen MR) is 66.3 cm³/mol. The molecule has 2 atom stereocenters. The zero-order valence-corrected chi connectivity index (χ0v) is 10.4. The summed E-state index contributed by atoms with van der Waals surface area (Å²) in [6, 6.07) is 5.02. The molecule has 3 heteroatoms. The average Bonchev–Trinajstić information content (AvgIpc) is 2.72. The SMILES string of the molecule is CN(C)C(c1cccs1)C1CCCNC1. The molecule has 0 amide bonds. The lowest BCUT2D eigenvalue weighted by atomic mass is 9.90. The van der Waals surface area contributed by atoms with Crippen LogP contribution in [0.5, 0.6) is 0 Å². The van der Waals surface area contributed by atoms with E-state index in [4.69, 9.17) is 0 Å². The van der Waals surface area contributed by atoms with E-state index in [0.29, 0.717) is 6.04 Å². The van der Waals surface area contributed by atoms with E-state index in [1.165, 1.54) is 30.8 Å². The average molecular weight is 224 g/mol. The van der Waals surface area contributed by atoms with Crippen molar-refractivity contribution in [3.8, 4) is 0 Å². The van der Waals surface area contributed by atoms with Crippen LogP contribution in [0.2, 0.25) is 0 Å². The van der Waals surface area contributed by atoms with E-state index < -0.39 is 0 Å². The molecule has 1 aromatic rings. The van der Waals surface area contributed by atoms with Gasteiger partial charge in [-0.1, -0.05) is 6.07 Å². The fourth-order valence-corrected chi connectivity index (χ4v) is 3.53. The zero-order chi connectivity index (χ0) is 10.7. The minimum Gasteiger partial charge on any atom is -0.316 e. The molecule has 0 saturated carbocycles.